The molecule has 3 rings (SSSR count). The summed E-state index contributed by atoms with van der Waals surface area (Å²) < 4.78 is 0. The van der Waals surface area contributed by atoms with E-state index in [9.17, 15) is 4.79 Å². The largest absolute Gasteiger partial charge is 0.333 e. The summed E-state index contributed by atoms with van der Waals surface area (Å²) in [7, 11) is 0. The van der Waals surface area contributed by atoms with E-state index in [0.717, 1.165) is 23.1 Å². The van der Waals surface area contributed by atoms with Crippen LogP contribution in [-0.2, 0) is 4.79 Å². The second-order valence-electron chi connectivity index (χ2n) is 5.97. The second-order valence-corrected chi connectivity index (χ2v) is 7.37. The minimum atomic E-state index is -0.0558. The maximum absolute atomic E-state index is 12.1. The lowest BCUT2D eigenvalue weighted by Gasteiger charge is -2.10. The highest BCUT2D eigenvalue weighted by Gasteiger charge is 2.09. The van der Waals surface area contributed by atoms with Crippen LogP contribution in [0.15, 0.2) is 47.6 Å². The van der Waals surface area contributed by atoms with E-state index in [-0.39, 0.29) is 5.91 Å². The number of anilines is 1. The van der Waals surface area contributed by atoms with Crippen molar-refractivity contribution in [2.24, 2.45) is 0 Å². The van der Waals surface area contributed by atoms with Crippen molar-refractivity contribution < 1.29 is 4.79 Å². The number of rotatable bonds is 6. The van der Waals surface area contributed by atoms with Crippen LogP contribution in [0, 0.1) is 0 Å². The zero-order chi connectivity index (χ0) is 17.8. The molecule has 0 saturated heterocycles. The summed E-state index contributed by atoms with van der Waals surface area (Å²) in [5.74, 6) is 0.766. The van der Waals surface area contributed by atoms with Crippen LogP contribution >= 0.6 is 23.4 Å². The molecule has 0 saturated carbocycles. The molecule has 0 aliphatic heterocycles. The molecule has 3 aromatic rings. The molecular weight excluding hydrogens is 354 g/mol. The molecule has 0 aliphatic rings. The normalized spacial score (nSPS) is 12.3. The van der Waals surface area contributed by atoms with Gasteiger partial charge in [-0.05, 0) is 48.2 Å². The predicted octanol–water partition coefficient (Wildman–Crippen LogP) is 5.46. The van der Waals surface area contributed by atoms with Crippen molar-refractivity contribution in [1.82, 2.24) is 9.97 Å². The van der Waals surface area contributed by atoms with Gasteiger partial charge in [0.25, 0.3) is 0 Å². The Hall–Kier alpha value is -1.98. The van der Waals surface area contributed by atoms with Crippen molar-refractivity contribution in [3.05, 3.63) is 53.1 Å². The van der Waals surface area contributed by atoms with E-state index in [4.69, 9.17) is 11.6 Å². The van der Waals surface area contributed by atoms with Crippen molar-refractivity contribution in [3.63, 3.8) is 0 Å². The van der Waals surface area contributed by atoms with Gasteiger partial charge in [-0.3, -0.25) is 4.79 Å². The first-order valence-electron chi connectivity index (χ1n) is 8.23. The summed E-state index contributed by atoms with van der Waals surface area (Å²) in [6.07, 6.45) is 1.10. The first-order valence-corrected chi connectivity index (χ1v) is 9.59. The van der Waals surface area contributed by atoms with Gasteiger partial charge < -0.3 is 10.3 Å². The van der Waals surface area contributed by atoms with Crippen molar-refractivity contribution in [2.45, 2.75) is 31.3 Å². The zero-order valence-corrected chi connectivity index (χ0v) is 15.7. The number of aromatic nitrogens is 2. The van der Waals surface area contributed by atoms with Crippen LogP contribution in [0.25, 0.3) is 11.0 Å². The van der Waals surface area contributed by atoms with Gasteiger partial charge in [0.15, 0.2) is 5.16 Å². The number of nitrogens with one attached hydrogen (secondary N) is 2. The number of halogens is 1. The summed E-state index contributed by atoms with van der Waals surface area (Å²) in [5, 5.41) is 4.28. The summed E-state index contributed by atoms with van der Waals surface area (Å²) in [4.78, 5) is 19.7. The number of fused-ring (bicyclic) bond motifs is 1. The molecule has 2 N–H and O–H groups in total. The van der Waals surface area contributed by atoms with E-state index in [2.05, 4.69) is 41.3 Å². The van der Waals surface area contributed by atoms with Gasteiger partial charge in [0.2, 0.25) is 5.91 Å². The van der Waals surface area contributed by atoms with E-state index in [1.54, 1.807) is 6.07 Å². The Bertz CT molecular complexity index is 876. The van der Waals surface area contributed by atoms with E-state index in [0.29, 0.717) is 21.8 Å². The monoisotopic (exact) mass is 373 g/mol. The number of H-pyrrole nitrogens is 1. The van der Waals surface area contributed by atoms with Crippen molar-refractivity contribution in [2.75, 3.05) is 11.1 Å². The smallest absolute Gasteiger partial charge is 0.234 e. The average molecular weight is 374 g/mol. The van der Waals surface area contributed by atoms with Gasteiger partial charge in [-0.25, -0.2) is 4.98 Å². The van der Waals surface area contributed by atoms with Gasteiger partial charge in [-0.2, -0.15) is 0 Å². The topological polar surface area (TPSA) is 57.8 Å². The highest BCUT2D eigenvalue weighted by Crippen LogP contribution is 2.23. The zero-order valence-electron chi connectivity index (χ0n) is 14.2. The molecule has 1 aromatic heterocycles. The number of benzene rings is 2. The summed E-state index contributed by atoms with van der Waals surface area (Å²) in [5.41, 5.74) is 3.81. The van der Waals surface area contributed by atoms with E-state index in [1.165, 1.54) is 17.3 Å². The predicted molar refractivity (Wildman–Crippen MR) is 106 cm³/mol. The lowest BCUT2D eigenvalue weighted by atomic mass is 9.99. The van der Waals surface area contributed by atoms with Crippen LogP contribution in [-0.4, -0.2) is 21.6 Å². The molecule has 4 nitrogen and oxygen atoms in total. The van der Waals surface area contributed by atoms with Crippen molar-refractivity contribution >= 4 is 46.0 Å². The molecule has 130 valence electrons. The molecule has 0 aliphatic carbocycles. The van der Waals surface area contributed by atoms with Crippen molar-refractivity contribution in [1.29, 1.82) is 0 Å². The third-order valence-corrected chi connectivity index (χ3v) is 5.25. The highest BCUT2D eigenvalue weighted by molar-refractivity contribution is 7.99. The molecule has 0 fully saturated rings. The van der Waals surface area contributed by atoms with Gasteiger partial charge in [0.05, 0.1) is 16.8 Å². The second kappa shape index (κ2) is 7.93. The number of carbonyl (C=O) groups is 1. The van der Waals surface area contributed by atoms with Gasteiger partial charge in [0, 0.05) is 10.7 Å². The molecule has 1 atom stereocenters. The minimum Gasteiger partial charge on any atom is -0.333 e. The maximum atomic E-state index is 12.1. The SMILES string of the molecule is CC[C@H](C)c1ccc(NC(=O)CSc2nc3ccc(Cl)cc3[nH]2)cc1. The molecular formula is C19H20ClN3OS. The number of carbonyl (C=O) groups excluding carboxylic acids is 1. The fourth-order valence-electron chi connectivity index (χ4n) is 2.49. The minimum absolute atomic E-state index is 0.0558. The average Bonchev–Trinajstić information content (AvgIpc) is 3.02. The van der Waals surface area contributed by atoms with Crippen LogP contribution in [0.3, 0.4) is 0 Å². The molecule has 6 heteroatoms. The number of amides is 1. The highest BCUT2D eigenvalue weighted by atomic mass is 35.5. The Morgan fingerprint density at radius 1 is 1.28 bits per heavy atom. The molecule has 0 radical (unpaired) electrons. The van der Waals surface area contributed by atoms with Crippen LogP contribution in [0.1, 0.15) is 31.7 Å². The lowest BCUT2D eigenvalue weighted by Crippen LogP contribution is -2.14. The number of imidazole rings is 1. The Kier molecular flexibility index (Phi) is 5.66. The lowest BCUT2D eigenvalue weighted by molar-refractivity contribution is -0.113. The maximum Gasteiger partial charge on any atom is 0.234 e. The van der Waals surface area contributed by atoms with Gasteiger partial charge >= 0.3 is 0 Å². The third kappa shape index (κ3) is 4.55. The Morgan fingerprint density at radius 3 is 2.76 bits per heavy atom. The fourth-order valence-corrected chi connectivity index (χ4v) is 3.35. The van der Waals surface area contributed by atoms with Crippen LogP contribution in [0.5, 0.6) is 0 Å². The van der Waals surface area contributed by atoms with Crippen LogP contribution in [0.4, 0.5) is 5.69 Å². The summed E-state index contributed by atoms with van der Waals surface area (Å²) in [6.45, 7) is 4.37. The van der Waals surface area contributed by atoms with Gasteiger partial charge in [-0.1, -0.05) is 49.3 Å². The summed E-state index contributed by atoms with van der Waals surface area (Å²) in [6, 6.07) is 13.5. The number of hydrogen-bond acceptors (Lipinski definition) is 3. The molecule has 25 heavy (non-hydrogen) atoms. The summed E-state index contributed by atoms with van der Waals surface area (Å²) >= 11 is 7.34. The Labute approximate surface area is 156 Å². The molecule has 1 heterocycles. The fraction of sp³-hybridized carbons (Fsp3) is 0.263. The first kappa shape index (κ1) is 17.8. The molecule has 0 spiro atoms. The number of hydrogen-bond donors (Lipinski definition) is 2. The van der Waals surface area contributed by atoms with E-state index < -0.39 is 0 Å². The van der Waals surface area contributed by atoms with E-state index in [1.807, 2.05) is 24.3 Å². The van der Waals surface area contributed by atoms with Crippen LogP contribution in [0.2, 0.25) is 5.02 Å². The number of nitrogens with zero attached hydrogens (tertiary/aromatic N) is 1. The Morgan fingerprint density at radius 2 is 2.04 bits per heavy atom. The quantitative estimate of drug-likeness (QED) is 0.564. The molecule has 0 unspecified atom stereocenters. The van der Waals surface area contributed by atoms with Crippen molar-refractivity contribution in [3.8, 4) is 0 Å². The van der Waals surface area contributed by atoms with Crippen LogP contribution < -0.4 is 5.32 Å². The molecule has 2 aromatic carbocycles. The molecule has 0 bridgehead atoms. The van der Waals surface area contributed by atoms with Gasteiger partial charge in [0.1, 0.15) is 0 Å². The standard InChI is InChI=1S/C19H20ClN3OS/c1-3-12(2)13-4-7-15(8-5-13)21-18(24)11-25-19-22-16-9-6-14(20)10-17(16)23-19/h4-10,12H,3,11H2,1-2H3,(H,21,24)(H,22,23)/t12-/m0/s1. The first-order chi connectivity index (χ1) is 12.0. The third-order valence-electron chi connectivity index (χ3n) is 4.14. The number of aromatic amines is 1. The number of thioether (sulfide) groups is 1. The Balaban J connectivity index is 1.56. The van der Waals surface area contributed by atoms with Gasteiger partial charge in [-0.15, -0.1) is 0 Å². The molecule has 1 amide bonds. The van der Waals surface area contributed by atoms with E-state index >= 15 is 0 Å².